The number of rotatable bonds is 2. The summed E-state index contributed by atoms with van der Waals surface area (Å²) in [5.41, 5.74) is 3.35. The van der Waals surface area contributed by atoms with Crippen molar-refractivity contribution in [2.45, 2.75) is 18.4 Å². The molecule has 1 aromatic carbocycles. The number of alkyl halides is 6. The second kappa shape index (κ2) is 5.15. The van der Waals surface area contributed by atoms with Gasteiger partial charge in [0.15, 0.2) is 23.4 Å². The summed E-state index contributed by atoms with van der Waals surface area (Å²) >= 11 is 0. The van der Waals surface area contributed by atoms with Gasteiger partial charge in [0.25, 0.3) is 0 Å². The molecule has 0 heterocycles. The van der Waals surface area contributed by atoms with Gasteiger partial charge >= 0.3 is 12.4 Å². The predicted molar refractivity (Wildman–Crippen MR) is 48.8 cm³/mol. The Hall–Kier alpha value is -1.45. The lowest BCUT2D eigenvalue weighted by Crippen LogP contribution is -2.44. The number of hydrogen-bond acceptors (Lipinski definition) is 1. The van der Waals surface area contributed by atoms with Crippen LogP contribution in [0.3, 0.4) is 0 Å². The average Bonchev–Trinajstić information content (AvgIpc) is 2.21. The van der Waals surface area contributed by atoms with Crippen LogP contribution in [0.25, 0.3) is 0 Å². The molecule has 0 saturated heterocycles. The zero-order valence-corrected chi connectivity index (χ0v) is 9.29. The van der Waals surface area contributed by atoms with Gasteiger partial charge < -0.3 is 5.73 Å². The Morgan fingerprint density at radius 3 is 1.65 bits per heavy atom. The van der Waals surface area contributed by atoms with Gasteiger partial charge in [0, 0.05) is 5.56 Å². The molecule has 2 N–H and O–H groups in total. The van der Waals surface area contributed by atoms with E-state index in [4.69, 9.17) is 5.73 Å². The summed E-state index contributed by atoms with van der Waals surface area (Å²) in [6, 6.07) is -2.52. The summed E-state index contributed by atoms with van der Waals surface area (Å²) in [5.74, 6) is -10.2. The second-order valence-corrected chi connectivity index (χ2v) is 3.85. The Labute approximate surface area is 106 Å². The minimum absolute atomic E-state index is 0.192. The van der Waals surface area contributed by atoms with Crippen LogP contribution in [-0.4, -0.2) is 12.4 Å². The minimum Gasteiger partial charge on any atom is -0.323 e. The molecular formula is C10H6F9N. The monoisotopic (exact) mass is 311 g/mol. The lowest BCUT2D eigenvalue weighted by Gasteiger charge is -2.28. The zero-order valence-electron chi connectivity index (χ0n) is 9.29. The molecular weight excluding hydrogens is 305 g/mol. The molecule has 20 heavy (non-hydrogen) atoms. The molecule has 0 fully saturated rings. The summed E-state index contributed by atoms with van der Waals surface area (Å²) in [7, 11) is 0. The van der Waals surface area contributed by atoms with Crippen molar-refractivity contribution in [3.8, 4) is 0 Å². The first kappa shape index (κ1) is 16.6. The van der Waals surface area contributed by atoms with E-state index in [0.717, 1.165) is 0 Å². The smallest absolute Gasteiger partial charge is 0.323 e. The quantitative estimate of drug-likeness (QED) is 0.652. The molecule has 1 rings (SSSR count). The summed E-state index contributed by atoms with van der Waals surface area (Å²) < 4.78 is 113. The van der Waals surface area contributed by atoms with Gasteiger partial charge in [0.2, 0.25) is 0 Å². The maximum Gasteiger partial charge on any atom is 0.402 e. The molecule has 0 spiro atoms. The van der Waals surface area contributed by atoms with Gasteiger partial charge in [-0.1, -0.05) is 6.07 Å². The largest absolute Gasteiger partial charge is 0.402 e. The molecule has 0 radical (unpaired) electrons. The highest BCUT2D eigenvalue weighted by Crippen LogP contribution is 2.46. The van der Waals surface area contributed by atoms with Crippen molar-refractivity contribution in [2.24, 2.45) is 11.7 Å². The van der Waals surface area contributed by atoms with E-state index in [1.807, 2.05) is 0 Å². The molecule has 1 aromatic rings. The summed E-state index contributed by atoms with van der Waals surface area (Å²) in [6.45, 7) is 0. The molecule has 0 aliphatic heterocycles. The number of halogens is 9. The zero-order chi connectivity index (χ0) is 15.9. The van der Waals surface area contributed by atoms with Crippen molar-refractivity contribution < 1.29 is 39.5 Å². The Kier molecular flexibility index (Phi) is 4.28. The molecule has 0 aromatic heterocycles. The van der Waals surface area contributed by atoms with Crippen molar-refractivity contribution in [1.82, 2.24) is 0 Å². The van der Waals surface area contributed by atoms with E-state index < -0.39 is 47.3 Å². The van der Waals surface area contributed by atoms with Gasteiger partial charge in [0.05, 0.1) is 6.04 Å². The van der Waals surface area contributed by atoms with Crippen molar-refractivity contribution >= 4 is 0 Å². The van der Waals surface area contributed by atoms with Crippen LogP contribution >= 0.6 is 0 Å². The molecule has 1 unspecified atom stereocenters. The van der Waals surface area contributed by atoms with E-state index in [1.54, 1.807) is 0 Å². The maximum atomic E-state index is 13.2. The first-order valence-electron chi connectivity index (χ1n) is 4.89. The van der Waals surface area contributed by atoms with Crippen molar-refractivity contribution in [2.75, 3.05) is 0 Å². The van der Waals surface area contributed by atoms with Gasteiger partial charge in [-0.15, -0.1) is 0 Å². The van der Waals surface area contributed by atoms with Crippen LogP contribution in [0, 0.1) is 23.4 Å². The van der Waals surface area contributed by atoms with Crippen LogP contribution in [0.15, 0.2) is 12.1 Å². The van der Waals surface area contributed by atoms with E-state index in [1.165, 1.54) is 0 Å². The lowest BCUT2D eigenvalue weighted by atomic mass is 9.92. The summed E-state index contributed by atoms with van der Waals surface area (Å²) in [4.78, 5) is 0. The molecule has 114 valence electrons. The number of nitrogens with two attached hydrogens (primary N) is 1. The maximum absolute atomic E-state index is 13.2. The Morgan fingerprint density at radius 1 is 0.800 bits per heavy atom. The fraction of sp³-hybridized carbons (Fsp3) is 0.400. The first-order valence-corrected chi connectivity index (χ1v) is 4.89. The Bertz CT molecular complexity index is 477. The van der Waals surface area contributed by atoms with Gasteiger partial charge in [-0.25, -0.2) is 13.2 Å². The van der Waals surface area contributed by atoms with E-state index in [-0.39, 0.29) is 12.1 Å². The Morgan fingerprint density at radius 2 is 1.25 bits per heavy atom. The molecule has 0 amide bonds. The molecule has 10 heteroatoms. The van der Waals surface area contributed by atoms with Crippen LogP contribution in [0.1, 0.15) is 11.6 Å². The predicted octanol–water partition coefficient (Wildman–Crippen LogP) is 3.84. The van der Waals surface area contributed by atoms with Crippen LogP contribution in [0.5, 0.6) is 0 Å². The molecule has 0 aliphatic carbocycles. The van der Waals surface area contributed by atoms with E-state index in [0.29, 0.717) is 0 Å². The third kappa shape index (κ3) is 3.17. The number of hydrogen-bond donors (Lipinski definition) is 1. The first-order chi connectivity index (χ1) is 8.87. The molecule has 0 aliphatic rings. The van der Waals surface area contributed by atoms with Crippen LogP contribution in [-0.2, 0) is 0 Å². The van der Waals surface area contributed by atoms with Gasteiger partial charge in [-0.3, -0.25) is 0 Å². The Balaban J connectivity index is 3.34. The van der Waals surface area contributed by atoms with Gasteiger partial charge in [-0.05, 0) is 6.07 Å². The summed E-state index contributed by atoms with van der Waals surface area (Å²) in [6.07, 6.45) is -11.6. The number of benzene rings is 1. The van der Waals surface area contributed by atoms with Crippen molar-refractivity contribution in [1.29, 1.82) is 0 Å². The standard InChI is InChI=1S/C10H6F9N/c11-4-2-1-3(5(12)6(4)13)7(20)8(9(14,15)16)10(17,18)19/h1-2,7-8H,20H2. The second-order valence-electron chi connectivity index (χ2n) is 3.85. The minimum atomic E-state index is -5.82. The van der Waals surface area contributed by atoms with E-state index in [2.05, 4.69) is 0 Å². The molecule has 1 nitrogen and oxygen atoms in total. The SMILES string of the molecule is NC(c1ccc(F)c(F)c1F)C(C(F)(F)F)C(F)(F)F. The topological polar surface area (TPSA) is 26.0 Å². The fourth-order valence-corrected chi connectivity index (χ4v) is 1.57. The van der Waals surface area contributed by atoms with E-state index >= 15 is 0 Å². The highest BCUT2D eigenvalue weighted by molar-refractivity contribution is 5.24. The normalized spacial score (nSPS) is 14.8. The van der Waals surface area contributed by atoms with Crippen molar-refractivity contribution in [3.05, 3.63) is 35.1 Å². The van der Waals surface area contributed by atoms with E-state index in [9.17, 15) is 39.5 Å². The van der Waals surface area contributed by atoms with Gasteiger partial charge in [-0.2, -0.15) is 26.3 Å². The van der Waals surface area contributed by atoms with Gasteiger partial charge in [0.1, 0.15) is 0 Å². The highest BCUT2D eigenvalue weighted by atomic mass is 19.4. The third-order valence-electron chi connectivity index (χ3n) is 2.49. The van der Waals surface area contributed by atoms with Crippen LogP contribution in [0.4, 0.5) is 39.5 Å². The molecule has 1 atom stereocenters. The lowest BCUT2D eigenvalue weighted by molar-refractivity contribution is -0.290. The fourth-order valence-electron chi connectivity index (χ4n) is 1.57. The average molecular weight is 311 g/mol. The van der Waals surface area contributed by atoms with Crippen LogP contribution < -0.4 is 5.73 Å². The highest BCUT2D eigenvalue weighted by Gasteiger charge is 2.60. The summed E-state index contributed by atoms with van der Waals surface area (Å²) in [5, 5.41) is 0. The molecule has 0 saturated carbocycles. The third-order valence-corrected chi connectivity index (χ3v) is 2.49. The van der Waals surface area contributed by atoms with Crippen LogP contribution in [0.2, 0.25) is 0 Å². The van der Waals surface area contributed by atoms with Crippen molar-refractivity contribution in [3.63, 3.8) is 0 Å². The molecule has 0 bridgehead atoms.